The predicted octanol–water partition coefficient (Wildman–Crippen LogP) is 2.78. The average molecular weight is 369 g/mol. The molecule has 142 valence electrons. The third-order valence-corrected chi connectivity index (χ3v) is 4.93. The lowest BCUT2D eigenvalue weighted by Gasteiger charge is -2.29. The quantitative estimate of drug-likeness (QED) is 0.817. The summed E-state index contributed by atoms with van der Waals surface area (Å²) >= 11 is 0. The Labute approximate surface area is 158 Å². The fraction of sp³-hybridized carbons (Fsp3) is 0.333. The number of hydrogen-bond donors (Lipinski definition) is 1. The Hall–Kier alpha value is -2.86. The van der Waals surface area contributed by atoms with E-state index in [0.29, 0.717) is 13.0 Å². The molecule has 0 bridgehead atoms. The van der Waals surface area contributed by atoms with E-state index in [0.717, 1.165) is 27.6 Å². The molecule has 27 heavy (non-hydrogen) atoms. The van der Waals surface area contributed by atoms with Crippen molar-refractivity contribution in [1.82, 2.24) is 5.32 Å². The minimum atomic E-state index is -0.923. The summed E-state index contributed by atoms with van der Waals surface area (Å²) < 4.78 is 15.9. The molecule has 6 nitrogen and oxygen atoms in total. The molecular weight excluding hydrogens is 346 g/mol. The molecule has 1 heterocycles. The molecule has 2 atom stereocenters. The minimum absolute atomic E-state index is 0.315. The van der Waals surface area contributed by atoms with Gasteiger partial charge in [0.2, 0.25) is 0 Å². The number of carbonyl (C=O) groups is 2. The number of nitrogens with one attached hydrogen (secondary N) is 1. The lowest BCUT2D eigenvalue weighted by Crippen LogP contribution is -2.34. The van der Waals surface area contributed by atoms with E-state index >= 15 is 0 Å². The smallest absolute Gasteiger partial charge is 0.323 e. The zero-order valence-electron chi connectivity index (χ0n) is 15.7. The van der Waals surface area contributed by atoms with Crippen molar-refractivity contribution >= 4 is 28.8 Å². The van der Waals surface area contributed by atoms with Crippen LogP contribution in [0.2, 0.25) is 0 Å². The van der Waals surface area contributed by atoms with Crippen LogP contribution in [0.25, 0.3) is 16.8 Å². The molecular formula is C21H23NO5. The molecule has 1 aliphatic rings. The monoisotopic (exact) mass is 369 g/mol. The van der Waals surface area contributed by atoms with Crippen molar-refractivity contribution in [3.8, 4) is 5.75 Å². The Morgan fingerprint density at radius 3 is 2.63 bits per heavy atom. The highest BCUT2D eigenvalue weighted by atomic mass is 16.6. The Bertz CT molecular complexity index is 907. The van der Waals surface area contributed by atoms with Crippen molar-refractivity contribution in [2.24, 2.45) is 0 Å². The van der Waals surface area contributed by atoms with Gasteiger partial charge in [0, 0.05) is 25.5 Å². The normalized spacial score (nSPS) is 21.7. The number of ether oxygens (including phenoxy) is 3. The molecule has 0 unspecified atom stereocenters. The zero-order valence-corrected chi connectivity index (χ0v) is 15.7. The van der Waals surface area contributed by atoms with Crippen LogP contribution in [0.15, 0.2) is 36.9 Å². The maximum Gasteiger partial charge on any atom is 0.323 e. The van der Waals surface area contributed by atoms with E-state index in [-0.39, 0.29) is 5.97 Å². The van der Waals surface area contributed by atoms with E-state index in [9.17, 15) is 9.59 Å². The standard InChI is InChI=1S/C21H23NO5/c1-5-14-8-16-9-17(7-6-15(16)10-19(14)25-3)21(27-13(2)23)11-18(22-12-21)20(24)26-4/h5-10,18,22H,1,11-12H2,2-4H3/t18-,21-/m0/s1. The fourth-order valence-electron chi connectivity index (χ4n) is 3.62. The maximum absolute atomic E-state index is 11.9. The summed E-state index contributed by atoms with van der Waals surface area (Å²) in [5, 5.41) is 5.07. The van der Waals surface area contributed by atoms with Gasteiger partial charge in [0.15, 0.2) is 5.60 Å². The van der Waals surface area contributed by atoms with Crippen LogP contribution in [-0.2, 0) is 24.7 Å². The second-order valence-electron chi connectivity index (χ2n) is 6.61. The van der Waals surface area contributed by atoms with Gasteiger partial charge in [0.25, 0.3) is 0 Å². The first-order chi connectivity index (χ1) is 12.9. The maximum atomic E-state index is 11.9. The molecule has 1 fully saturated rings. The van der Waals surface area contributed by atoms with E-state index in [2.05, 4.69) is 11.9 Å². The second kappa shape index (κ2) is 7.40. The van der Waals surface area contributed by atoms with Gasteiger partial charge in [-0.3, -0.25) is 14.9 Å². The summed E-state index contributed by atoms with van der Waals surface area (Å²) in [6.45, 7) is 5.53. The van der Waals surface area contributed by atoms with E-state index < -0.39 is 17.6 Å². The third-order valence-electron chi connectivity index (χ3n) is 4.93. The van der Waals surface area contributed by atoms with Crippen molar-refractivity contribution in [1.29, 1.82) is 0 Å². The Morgan fingerprint density at radius 2 is 2.00 bits per heavy atom. The van der Waals surface area contributed by atoms with E-state index in [1.165, 1.54) is 14.0 Å². The van der Waals surface area contributed by atoms with Crippen molar-refractivity contribution < 1.29 is 23.8 Å². The minimum Gasteiger partial charge on any atom is -0.496 e. The molecule has 0 amide bonds. The molecule has 0 aromatic heterocycles. The number of fused-ring (bicyclic) bond motifs is 1. The van der Waals surface area contributed by atoms with Gasteiger partial charge in [-0.05, 0) is 34.5 Å². The number of hydrogen-bond acceptors (Lipinski definition) is 6. The Morgan fingerprint density at radius 1 is 1.22 bits per heavy atom. The van der Waals surface area contributed by atoms with Crippen molar-refractivity contribution in [2.75, 3.05) is 20.8 Å². The van der Waals surface area contributed by atoms with Crippen LogP contribution < -0.4 is 10.1 Å². The highest BCUT2D eigenvalue weighted by Crippen LogP contribution is 2.38. The zero-order chi connectivity index (χ0) is 19.6. The molecule has 1 N–H and O–H groups in total. The van der Waals surface area contributed by atoms with Crippen LogP contribution in [0.1, 0.15) is 24.5 Å². The van der Waals surface area contributed by atoms with Crippen LogP contribution in [-0.4, -0.2) is 38.7 Å². The van der Waals surface area contributed by atoms with Gasteiger partial charge in [-0.1, -0.05) is 24.8 Å². The van der Waals surface area contributed by atoms with Crippen LogP contribution in [0.3, 0.4) is 0 Å². The van der Waals surface area contributed by atoms with Gasteiger partial charge in [-0.15, -0.1) is 0 Å². The highest BCUT2D eigenvalue weighted by Gasteiger charge is 2.46. The van der Waals surface area contributed by atoms with Crippen LogP contribution in [0.5, 0.6) is 5.75 Å². The molecule has 0 spiro atoms. The molecule has 3 rings (SSSR count). The second-order valence-corrected chi connectivity index (χ2v) is 6.61. The lowest BCUT2D eigenvalue weighted by molar-refractivity contribution is -0.157. The van der Waals surface area contributed by atoms with Gasteiger partial charge in [-0.25, -0.2) is 0 Å². The first-order valence-electron chi connectivity index (χ1n) is 8.68. The lowest BCUT2D eigenvalue weighted by atomic mass is 9.88. The largest absolute Gasteiger partial charge is 0.496 e. The number of esters is 2. The van der Waals surface area contributed by atoms with E-state index in [1.807, 2.05) is 30.3 Å². The van der Waals surface area contributed by atoms with Crippen LogP contribution in [0, 0.1) is 0 Å². The summed E-state index contributed by atoms with van der Waals surface area (Å²) in [6.07, 6.45) is 2.05. The molecule has 0 aliphatic carbocycles. The molecule has 6 heteroatoms. The first kappa shape index (κ1) is 18.9. The van der Waals surface area contributed by atoms with Gasteiger partial charge >= 0.3 is 11.9 Å². The van der Waals surface area contributed by atoms with Gasteiger partial charge in [0.05, 0.1) is 14.2 Å². The fourth-order valence-corrected chi connectivity index (χ4v) is 3.62. The number of benzene rings is 2. The Balaban J connectivity index is 2.07. The summed E-state index contributed by atoms with van der Waals surface area (Å²) in [5.74, 6) is -0.0272. The summed E-state index contributed by atoms with van der Waals surface area (Å²) in [4.78, 5) is 23.7. The molecule has 0 saturated carbocycles. The third kappa shape index (κ3) is 3.53. The molecule has 0 radical (unpaired) electrons. The van der Waals surface area contributed by atoms with Gasteiger partial charge < -0.3 is 14.2 Å². The number of methoxy groups -OCH3 is 2. The Kier molecular flexibility index (Phi) is 5.19. The highest BCUT2D eigenvalue weighted by molar-refractivity contribution is 5.88. The summed E-state index contributed by atoms with van der Waals surface area (Å²) in [5.41, 5.74) is 0.776. The SMILES string of the molecule is C=Cc1cc2cc([C@@]3(OC(C)=O)CN[C@H](C(=O)OC)C3)ccc2cc1OC. The van der Waals surface area contributed by atoms with Crippen molar-refractivity contribution in [3.63, 3.8) is 0 Å². The molecule has 1 saturated heterocycles. The first-order valence-corrected chi connectivity index (χ1v) is 8.68. The molecule has 1 aliphatic heterocycles. The van der Waals surface area contributed by atoms with Gasteiger partial charge in [-0.2, -0.15) is 0 Å². The van der Waals surface area contributed by atoms with Gasteiger partial charge in [0.1, 0.15) is 11.8 Å². The van der Waals surface area contributed by atoms with Crippen LogP contribution in [0.4, 0.5) is 0 Å². The van der Waals surface area contributed by atoms with Crippen molar-refractivity contribution in [3.05, 3.63) is 48.0 Å². The number of rotatable bonds is 5. The topological polar surface area (TPSA) is 73.9 Å². The summed E-state index contributed by atoms with van der Waals surface area (Å²) in [7, 11) is 2.96. The molecule has 2 aromatic carbocycles. The van der Waals surface area contributed by atoms with E-state index in [1.54, 1.807) is 13.2 Å². The predicted molar refractivity (Wildman–Crippen MR) is 102 cm³/mol. The van der Waals surface area contributed by atoms with E-state index in [4.69, 9.17) is 14.2 Å². The summed E-state index contributed by atoms with van der Waals surface area (Å²) in [6, 6.07) is 9.25. The molecule has 2 aromatic rings. The van der Waals surface area contributed by atoms with Crippen molar-refractivity contribution in [2.45, 2.75) is 25.0 Å². The average Bonchev–Trinajstić information content (AvgIpc) is 3.10. The van der Waals surface area contributed by atoms with Crippen LogP contribution >= 0.6 is 0 Å². The number of carbonyl (C=O) groups excluding carboxylic acids is 2.